The molecule has 7 aliphatic carbocycles. The summed E-state index contributed by atoms with van der Waals surface area (Å²) in [5.41, 5.74) is 4.54. The maximum Gasteiger partial charge on any atom is 0.255 e. The summed E-state index contributed by atoms with van der Waals surface area (Å²) in [6.07, 6.45) is 8.33. The number of phenols is 1. The number of ketones is 2. The summed E-state index contributed by atoms with van der Waals surface area (Å²) < 4.78 is 0. The first kappa shape index (κ1) is 31.2. The minimum atomic E-state index is -2.65. The molecule has 46 heavy (non-hydrogen) atoms. The predicted molar refractivity (Wildman–Crippen MR) is 170 cm³/mol. The molecule has 0 radical (unpaired) electrons. The van der Waals surface area contributed by atoms with E-state index in [4.69, 9.17) is 5.73 Å². The number of nitrogens with two attached hydrogens (primary N) is 1. The molecule has 4 saturated carbocycles. The average molecular weight is 635 g/mol. The Morgan fingerprint density at radius 3 is 2.15 bits per heavy atom. The number of nitrogens with one attached hydrogen (secondary N) is 1. The Balaban J connectivity index is 1.24. The molecule has 1 aromatic carbocycles. The van der Waals surface area contributed by atoms with E-state index in [2.05, 4.69) is 5.32 Å². The van der Waals surface area contributed by atoms with Crippen molar-refractivity contribution >= 4 is 23.2 Å². The number of aliphatic hydroxyl groups is 3. The fourth-order valence-electron chi connectivity index (χ4n) is 11.0. The van der Waals surface area contributed by atoms with Crippen molar-refractivity contribution in [2.24, 2.45) is 40.7 Å². The normalized spacial score (nSPS) is 36.2. The van der Waals surface area contributed by atoms with Gasteiger partial charge < -0.3 is 36.4 Å². The highest BCUT2D eigenvalue weighted by molar-refractivity contribution is 6.24. The molecule has 0 saturated heterocycles. The number of allylic oxidation sites excluding steroid dienone is 1. The van der Waals surface area contributed by atoms with Gasteiger partial charge in [0.25, 0.3) is 5.91 Å². The SMILES string of the molecule is CN(C)c1c(CNCC23CC4CC(CC(C4)C2)C3)cc(O)c2c1C[C@H]1C[C@H]3[C@H](N(C)C)C(O)=C(C(N)=O)C(=O)[C@@]3(O)C(O)=C1C2=O. The van der Waals surface area contributed by atoms with Crippen LogP contribution in [0.3, 0.4) is 0 Å². The molecular weight excluding hydrogens is 588 g/mol. The molecule has 0 heterocycles. The van der Waals surface area contributed by atoms with Crippen LogP contribution < -0.4 is 16.0 Å². The fraction of sp³-hybridized carbons (Fsp3) is 0.629. The van der Waals surface area contributed by atoms with E-state index in [1.54, 1.807) is 25.1 Å². The van der Waals surface area contributed by atoms with Gasteiger partial charge in [-0.25, -0.2) is 0 Å². The van der Waals surface area contributed by atoms with Gasteiger partial charge in [0, 0.05) is 44.4 Å². The molecule has 11 heteroatoms. The van der Waals surface area contributed by atoms with Gasteiger partial charge in [-0.15, -0.1) is 0 Å². The summed E-state index contributed by atoms with van der Waals surface area (Å²) in [6, 6.07) is 0.587. The van der Waals surface area contributed by atoms with Crippen LogP contribution >= 0.6 is 0 Å². The second kappa shape index (κ2) is 10.6. The van der Waals surface area contributed by atoms with E-state index in [-0.39, 0.29) is 29.7 Å². The van der Waals surface area contributed by atoms with Crippen LogP contribution in [-0.4, -0.2) is 89.2 Å². The van der Waals surface area contributed by atoms with Gasteiger partial charge in [-0.2, -0.15) is 0 Å². The number of aliphatic hydroxyl groups excluding tert-OH is 2. The van der Waals surface area contributed by atoms with E-state index in [0.717, 1.165) is 35.5 Å². The number of likely N-dealkylation sites (N-methyl/N-ethyl adjacent to an activating group) is 1. The van der Waals surface area contributed by atoms with Crippen LogP contribution in [0.2, 0.25) is 0 Å². The van der Waals surface area contributed by atoms with Crippen LogP contribution in [-0.2, 0) is 22.6 Å². The molecule has 0 unspecified atom stereocenters. The van der Waals surface area contributed by atoms with Crippen molar-refractivity contribution in [2.75, 3.05) is 39.6 Å². The lowest BCUT2D eigenvalue weighted by Crippen LogP contribution is -2.63. The van der Waals surface area contributed by atoms with Crippen molar-refractivity contribution in [3.8, 4) is 5.75 Å². The first-order valence-electron chi connectivity index (χ1n) is 16.6. The highest BCUT2D eigenvalue weighted by Crippen LogP contribution is 2.60. The van der Waals surface area contributed by atoms with E-state index >= 15 is 0 Å². The summed E-state index contributed by atoms with van der Waals surface area (Å²) in [5, 5.41) is 49.5. The highest BCUT2D eigenvalue weighted by Gasteiger charge is 2.63. The van der Waals surface area contributed by atoms with Gasteiger partial charge in [0.15, 0.2) is 11.4 Å². The van der Waals surface area contributed by atoms with Crippen molar-refractivity contribution in [2.45, 2.75) is 69.6 Å². The number of primary amides is 1. The van der Waals surface area contributed by atoms with Crippen molar-refractivity contribution in [1.29, 1.82) is 0 Å². The lowest BCUT2D eigenvalue weighted by Gasteiger charge is -2.57. The molecule has 11 nitrogen and oxygen atoms in total. The lowest BCUT2D eigenvalue weighted by molar-refractivity contribution is -0.148. The zero-order chi connectivity index (χ0) is 33.0. The van der Waals surface area contributed by atoms with Gasteiger partial charge in [0.2, 0.25) is 5.78 Å². The van der Waals surface area contributed by atoms with Gasteiger partial charge in [0.05, 0.1) is 11.6 Å². The van der Waals surface area contributed by atoms with Crippen molar-refractivity contribution in [1.82, 2.24) is 10.2 Å². The molecule has 1 aromatic rings. The van der Waals surface area contributed by atoms with Crippen LogP contribution in [0.15, 0.2) is 28.7 Å². The van der Waals surface area contributed by atoms with Crippen LogP contribution in [0, 0.1) is 35.0 Å². The molecule has 1 amide bonds. The van der Waals surface area contributed by atoms with E-state index in [9.17, 15) is 34.8 Å². The minimum absolute atomic E-state index is 0.0364. The second-order valence-corrected chi connectivity index (χ2v) is 15.6. The Kier molecular flexibility index (Phi) is 7.16. The monoisotopic (exact) mass is 634 g/mol. The Morgan fingerprint density at radius 1 is 1.00 bits per heavy atom. The molecular formula is C35H46N4O7. The molecule has 8 rings (SSSR count). The largest absolute Gasteiger partial charge is 0.510 e. The number of Topliss-reactive ketones (excluding diaryl/α,β-unsaturated/α-hetero) is 2. The van der Waals surface area contributed by atoms with Crippen molar-refractivity contribution in [3.63, 3.8) is 0 Å². The van der Waals surface area contributed by atoms with Crippen LogP contribution in [0.25, 0.3) is 0 Å². The van der Waals surface area contributed by atoms with E-state index in [1.807, 2.05) is 19.0 Å². The van der Waals surface area contributed by atoms with E-state index < -0.39 is 58.0 Å². The summed E-state index contributed by atoms with van der Waals surface area (Å²) in [4.78, 5) is 43.4. The second-order valence-electron chi connectivity index (χ2n) is 15.6. The molecule has 0 aromatic heterocycles. The number of carbonyl (C=O) groups is 3. The Bertz CT molecular complexity index is 1570. The minimum Gasteiger partial charge on any atom is -0.510 e. The van der Waals surface area contributed by atoms with E-state index in [0.29, 0.717) is 17.5 Å². The van der Waals surface area contributed by atoms with Crippen molar-refractivity contribution in [3.05, 3.63) is 45.4 Å². The first-order chi connectivity index (χ1) is 21.7. The number of benzene rings is 1. The highest BCUT2D eigenvalue weighted by atomic mass is 16.3. The number of anilines is 1. The van der Waals surface area contributed by atoms with Gasteiger partial charge >= 0.3 is 0 Å². The molecule has 4 atom stereocenters. The third-order valence-corrected chi connectivity index (χ3v) is 12.2. The average Bonchev–Trinajstić information content (AvgIpc) is 2.93. The van der Waals surface area contributed by atoms with Gasteiger partial charge in [-0.05, 0) is 112 Å². The van der Waals surface area contributed by atoms with Crippen LogP contribution in [0.1, 0.15) is 66.4 Å². The van der Waals surface area contributed by atoms with Gasteiger partial charge in [-0.3, -0.25) is 19.3 Å². The fourth-order valence-corrected chi connectivity index (χ4v) is 11.0. The Hall–Kier alpha value is -3.41. The number of nitrogens with zero attached hydrogens (tertiary/aromatic N) is 2. The Morgan fingerprint density at radius 2 is 1.61 bits per heavy atom. The first-order valence-corrected chi connectivity index (χ1v) is 16.6. The van der Waals surface area contributed by atoms with Crippen LogP contribution in [0.4, 0.5) is 5.69 Å². The summed E-state index contributed by atoms with van der Waals surface area (Å²) >= 11 is 0. The lowest BCUT2D eigenvalue weighted by atomic mass is 9.49. The number of hydrogen-bond acceptors (Lipinski definition) is 10. The number of rotatable bonds is 7. The quantitative estimate of drug-likeness (QED) is 0.244. The zero-order valence-corrected chi connectivity index (χ0v) is 27.1. The third-order valence-electron chi connectivity index (χ3n) is 12.2. The number of hydrogen-bond donors (Lipinski definition) is 6. The third kappa shape index (κ3) is 4.37. The zero-order valence-electron chi connectivity index (χ0n) is 27.1. The summed E-state index contributed by atoms with van der Waals surface area (Å²) in [5.74, 6) is -3.90. The predicted octanol–water partition coefficient (Wildman–Crippen LogP) is 2.49. The van der Waals surface area contributed by atoms with Crippen LogP contribution in [0.5, 0.6) is 5.75 Å². The molecule has 4 fully saturated rings. The molecule has 7 N–H and O–H groups in total. The summed E-state index contributed by atoms with van der Waals surface area (Å²) in [7, 11) is 7.05. The van der Waals surface area contributed by atoms with Crippen molar-refractivity contribution < 1.29 is 34.8 Å². The smallest absolute Gasteiger partial charge is 0.255 e. The maximum absolute atomic E-state index is 14.2. The number of fused-ring (bicyclic) bond motifs is 3. The van der Waals surface area contributed by atoms with E-state index in [1.165, 1.54) is 38.5 Å². The topological polar surface area (TPSA) is 177 Å². The van der Waals surface area contributed by atoms with Gasteiger partial charge in [-0.1, -0.05) is 0 Å². The number of aromatic hydroxyl groups is 1. The molecule has 0 spiro atoms. The molecule has 248 valence electrons. The number of carbonyl (C=O) groups excluding carboxylic acids is 3. The molecule has 4 bridgehead atoms. The standard InChI is InChI=1S/C35H46N4O7/c1-38(2)27-20(14-37-15-34-11-16-5-17(12-34)7-18(6-16)13-34)10-23(40)25-21(27)8-19-9-22-28(39(3)4)30(42)26(33(36)45)32(44)35(22,46)31(43)24(19)29(25)41/h10,16-19,22,28,37,40,42-43,46H,5-9,11-15H2,1-4H3,(H2,36,45)/t16?,17?,18?,19-,22-,28-,34?,35-/m0/s1. The van der Waals surface area contributed by atoms with Gasteiger partial charge in [0.1, 0.15) is 22.8 Å². The Labute approximate surface area is 269 Å². The number of amides is 1. The number of phenolic OH excluding ortho intramolecular Hbond substituents is 1. The summed E-state index contributed by atoms with van der Waals surface area (Å²) in [6.45, 7) is 1.45. The maximum atomic E-state index is 14.2. The molecule has 0 aliphatic heterocycles. The molecule has 7 aliphatic rings.